The van der Waals surface area contributed by atoms with Crippen LogP contribution in [0.3, 0.4) is 0 Å². The van der Waals surface area contributed by atoms with Crippen LogP contribution in [0, 0.1) is 6.92 Å². The molecule has 0 atom stereocenters. The van der Waals surface area contributed by atoms with Crippen molar-refractivity contribution in [2.45, 2.75) is 39.0 Å². The molecule has 3 N–H and O–H groups in total. The molecule has 0 bridgehead atoms. The number of rotatable bonds is 4. The van der Waals surface area contributed by atoms with Crippen molar-refractivity contribution in [2.24, 2.45) is 5.10 Å². The van der Waals surface area contributed by atoms with Crippen molar-refractivity contribution in [2.75, 3.05) is 5.73 Å². The largest absolute Gasteiger partial charge is 0.378 e. The average Bonchev–Trinajstić information content (AvgIpc) is 3.11. The second-order valence-electron chi connectivity index (χ2n) is 5.24. The van der Waals surface area contributed by atoms with E-state index in [1.807, 2.05) is 6.92 Å². The molecule has 1 saturated carbocycles. The summed E-state index contributed by atoms with van der Waals surface area (Å²) < 4.78 is 6.04. The molecule has 0 spiro atoms. The van der Waals surface area contributed by atoms with Gasteiger partial charge in [-0.05, 0) is 42.9 Å². The molecule has 9 heteroatoms. The average molecular weight is 302 g/mol. The predicted molar refractivity (Wildman–Crippen MR) is 81.1 cm³/mol. The summed E-state index contributed by atoms with van der Waals surface area (Å²) >= 11 is 0. The van der Waals surface area contributed by atoms with Crippen molar-refractivity contribution >= 4 is 17.2 Å². The highest BCUT2D eigenvalue weighted by atomic mass is 16.6. The molecule has 1 fully saturated rings. The molecule has 0 aromatic carbocycles. The number of nitrogens with two attached hydrogens (primary N) is 1. The number of nitrogen functional groups attached to an aromatic ring is 1. The van der Waals surface area contributed by atoms with Crippen molar-refractivity contribution < 1.29 is 4.63 Å². The fourth-order valence-electron chi connectivity index (χ4n) is 2.42. The quantitative estimate of drug-likeness (QED) is 0.819. The van der Waals surface area contributed by atoms with Crippen LogP contribution >= 0.6 is 0 Å². The normalized spacial score (nSPS) is 14.9. The third-order valence-electron chi connectivity index (χ3n) is 3.66. The molecule has 0 unspecified atom stereocenters. The number of aromatic nitrogens is 5. The van der Waals surface area contributed by atoms with E-state index in [1.54, 1.807) is 0 Å². The molecule has 0 amide bonds. The van der Waals surface area contributed by atoms with Gasteiger partial charge in [0, 0.05) is 5.71 Å². The Hall–Kier alpha value is -2.71. The second-order valence-corrected chi connectivity index (χ2v) is 5.24. The van der Waals surface area contributed by atoms with Gasteiger partial charge in [-0.2, -0.15) is 9.78 Å². The van der Waals surface area contributed by atoms with Gasteiger partial charge in [0.1, 0.15) is 5.69 Å². The summed E-state index contributed by atoms with van der Waals surface area (Å²) in [5.41, 5.74) is 11.7. The van der Waals surface area contributed by atoms with Gasteiger partial charge in [-0.15, -0.1) is 5.10 Å². The second kappa shape index (κ2) is 5.96. The van der Waals surface area contributed by atoms with Gasteiger partial charge >= 0.3 is 0 Å². The summed E-state index contributed by atoms with van der Waals surface area (Å²) in [7, 11) is 0. The molecule has 1 aliphatic carbocycles. The van der Waals surface area contributed by atoms with Gasteiger partial charge in [0.15, 0.2) is 0 Å². The third kappa shape index (κ3) is 2.69. The Morgan fingerprint density at radius 3 is 2.77 bits per heavy atom. The minimum absolute atomic E-state index is 0.153. The first-order valence-corrected chi connectivity index (χ1v) is 7.18. The van der Waals surface area contributed by atoms with E-state index in [4.69, 9.17) is 5.73 Å². The SMILES string of the molecule is C=C(NN=C1CCCCC1)c1nnn(-c2nonc2N)c1C. The van der Waals surface area contributed by atoms with E-state index in [1.165, 1.54) is 29.7 Å². The van der Waals surface area contributed by atoms with Gasteiger partial charge in [0.2, 0.25) is 11.6 Å². The maximum absolute atomic E-state index is 5.67. The molecule has 2 heterocycles. The van der Waals surface area contributed by atoms with Crippen molar-refractivity contribution in [1.29, 1.82) is 0 Å². The minimum Gasteiger partial charge on any atom is -0.378 e. The molecular weight excluding hydrogens is 284 g/mol. The molecule has 0 radical (unpaired) electrons. The smallest absolute Gasteiger partial charge is 0.243 e. The van der Waals surface area contributed by atoms with Gasteiger partial charge < -0.3 is 5.73 Å². The van der Waals surface area contributed by atoms with Crippen LogP contribution in [-0.4, -0.2) is 31.0 Å². The lowest BCUT2D eigenvalue weighted by atomic mass is 9.99. The molecule has 1 aliphatic rings. The van der Waals surface area contributed by atoms with Gasteiger partial charge in [0.25, 0.3) is 0 Å². The number of nitrogens with zero attached hydrogens (tertiary/aromatic N) is 6. The Morgan fingerprint density at radius 1 is 1.32 bits per heavy atom. The summed E-state index contributed by atoms with van der Waals surface area (Å²) in [5, 5.41) is 19.8. The summed E-state index contributed by atoms with van der Waals surface area (Å²) in [6, 6.07) is 0. The molecule has 9 nitrogen and oxygen atoms in total. The van der Waals surface area contributed by atoms with E-state index >= 15 is 0 Å². The Bertz CT molecular complexity index is 705. The molecule has 116 valence electrons. The van der Waals surface area contributed by atoms with E-state index in [0.717, 1.165) is 18.5 Å². The van der Waals surface area contributed by atoms with Gasteiger partial charge in [0.05, 0.1) is 11.4 Å². The van der Waals surface area contributed by atoms with E-state index in [0.29, 0.717) is 17.2 Å². The summed E-state index contributed by atoms with van der Waals surface area (Å²) in [4.78, 5) is 0. The van der Waals surface area contributed by atoms with Gasteiger partial charge in [-0.1, -0.05) is 18.2 Å². The van der Waals surface area contributed by atoms with Crippen LogP contribution < -0.4 is 11.2 Å². The lowest BCUT2D eigenvalue weighted by Gasteiger charge is -2.12. The van der Waals surface area contributed by atoms with Crippen molar-refractivity contribution in [3.63, 3.8) is 0 Å². The number of hydrogen-bond donors (Lipinski definition) is 2. The lowest BCUT2D eigenvalue weighted by Crippen LogP contribution is -2.12. The van der Waals surface area contributed by atoms with E-state index < -0.39 is 0 Å². The first-order chi connectivity index (χ1) is 10.7. The first kappa shape index (κ1) is 14.2. The number of anilines is 1. The van der Waals surface area contributed by atoms with Crippen LogP contribution in [0.5, 0.6) is 0 Å². The van der Waals surface area contributed by atoms with E-state index in [-0.39, 0.29) is 5.82 Å². The van der Waals surface area contributed by atoms with Crippen molar-refractivity contribution in [1.82, 2.24) is 30.7 Å². The number of hydrazone groups is 1. The number of nitrogens with one attached hydrogen (secondary N) is 1. The zero-order valence-corrected chi connectivity index (χ0v) is 12.4. The minimum atomic E-state index is 0.153. The van der Waals surface area contributed by atoms with Crippen LogP contribution in [0.4, 0.5) is 5.82 Å². The number of hydrogen-bond acceptors (Lipinski definition) is 8. The van der Waals surface area contributed by atoms with Crippen LogP contribution in [0.25, 0.3) is 11.5 Å². The molecule has 22 heavy (non-hydrogen) atoms. The monoisotopic (exact) mass is 302 g/mol. The summed E-state index contributed by atoms with van der Waals surface area (Å²) in [6.45, 7) is 5.80. The van der Waals surface area contributed by atoms with E-state index in [2.05, 4.69) is 42.4 Å². The van der Waals surface area contributed by atoms with E-state index in [9.17, 15) is 0 Å². The van der Waals surface area contributed by atoms with Crippen LogP contribution in [-0.2, 0) is 0 Å². The lowest BCUT2D eigenvalue weighted by molar-refractivity contribution is 0.306. The fraction of sp³-hybridized carbons (Fsp3) is 0.462. The molecular formula is C13H18N8O. The Morgan fingerprint density at radius 2 is 2.09 bits per heavy atom. The predicted octanol–water partition coefficient (Wildman–Crippen LogP) is 1.42. The Kier molecular flexibility index (Phi) is 3.86. The highest BCUT2D eigenvalue weighted by Gasteiger charge is 2.18. The van der Waals surface area contributed by atoms with Gasteiger partial charge in [-0.25, -0.2) is 4.63 Å². The third-order valence-corrected chi connectivity index (χ3v) is 3.66. The highest BCUT2D eigenvalue weighted by Crippen LogP contribution is 2.18. The standard InChI is InChI=1S/C13H18N8O/c1-8(15-16-10-6-4-3-5-7-10)11-9(2)21(20-17-11)13-12(14)18-22-19-13/h15H,1,3-7H2,2H3,(H2,14,18). The Balaban J connectivity index is 1.76. The maximum Gasteiger partial charge on any atom is 0.243 e. The molecule has 0 aliphatic heterocycles. The highest BCUT2D eigenvalue weighted by molar-refractivity contribution is 5.85. The van der Waals surface area contributed by atoms with Crippen molar-refractivity contribution in [3.05, 3.63) is 18.0 Å². The van der Waals surface area contributed by atoms with Crippen LogP contribution in [0.15, 0.2) is 16.3 Å². The topological polar surface area (TPSA) is 120 Å². The summed E-state index contributed by atoms with van der Waals surface area (Å²) in [5.74, 6) is 0.461. The zero-order chi connectivity index (χ0) is 15.5. The fourth-order valence-corrected chi connectivity index (χ4v) is 2.42. The molecule has 3 rings (SSSR count). The zero-order valence-electron chi connectivity index (χ0n) is 12.4. The Labute approximate surface area is 127 Å². The molecule has 0 saturated heterocycles. The first-order valence-electron chi connectivity index (χ1n) is 7.18. The van der Waals surface area contributed by atoms with Gasteiger partial charge in [-0.3, -0.25) is 5.43 Å². The maximum atomic E-state index is 5.67. The molecule has 2 aromatic rings. The molecule has 2 aromatic heterocycles. The van der Waals surface area contributed by atoms with Crippen LogP contribution in [0.2, 0.25) is 0 Å². The van der Waals surface area contributed by atoms with Crippen LogP contribution in [0.1, 0.15) is 43.5 Å². The summed E-state index contributed by atoms with van der Waals surface area (Å²) in [6.07, 6.45) is 5.74. The van der Waals surface area contributed by atoms with Crippen molar-refractivity contribution in [3.8, 4) is 5.82 Å².